The summed E-state index contributed by atoms with van der Waals surface area (Å²) in [5.74, 6) is 7.73. The van der Waals surface area contributed by atoms with Gasteiger partial charge in [0.15, 0.2) is 0 Å². The number of hydrogen-bond donors (Lipinski definition) is 1. The molecule has 0 atom stereocenters. The van der Waals surface area contributed by atoms with Gasteiger partial charge in [0.25, 0.3) is 0 Å². The van der Waals surface area contributed by atoms with E-state index in [4.69, 9.17) is 44.9 Å². The zero-order chi connectivity index (χ0) is 94.2. The molecule has 23 nitrogen and oxygen atoms in total. The van der Waals surface area contributed by atoms with Crippen LogP contribution in [0.15, 0.2) is 0 Å². The SMILES string of the molecule is CCCCN(c1nc(CCCCN(CCCCc2nc(N(CCCC)C3CC(C)(C)N(C)C(C)(C)C3)nc(N(CCCC)C3CC(C)(C)N(C)C(C)(C)C3)n2)CCCNc2nc(N(CCCC)C3CC(C)(C)N(C)C(C)(C)C3)nc(N(CCCC)C3CC(C)(C)N(C)C(C)(C)C3)n2)nc(N(CCCC)C2CC(C)(C)N(C)C(C)(C)C2)n1)C1CC(C)(C)N(C)C(C)(C)C1. The normalized spacial score (nSPS) is 23.0. The summed E-state index contributed by atoms with van der Waals surface area (Å²) in [7, 11) is 14.0. The van der Waals surface area contributed by atoms with E-state index >= 15 is 0 Å². The zero-order valence-electron chi connectivity index (χ0n) is 89.3. The molecule has 0 unspecified atom stereocenters. The lowest BCUT2D eigenvalue weighted by Crippen LogP contribution is -2.63. The molecule has 3 aromatic heterocycles. The molecule has 0 bridgehead atoms. The summed E-state index contributed by atoms with van der Waals surface area (Å²) in [6.07, 6.45) is 32.1. The van der Waals surface area contributed by atoms with Crippen LogP contribution in [0.2, 0.25) is 0 Å². The Bertz CT molecular complexity index is 3170. The Hall–Kier alpha value is -4.65. The van der Waals surface area contributed by atoms with Crippen LogP contribution in [0.5, 0.6) is 0 Å². The van der Waals surface area contributed by atoms with Crippen LogP contribution in [0, 0.1) is 0 Å². The second kappa shape index (κ2) is 42.9. The second-order valence-electron chi connectivity index (χ2n) is 48.8. The summed E-state index contributed by atoms with van der Waals surface area (Å²) in [5.41, 5.74) is -0.0446. The molecule has 6 aliphatic heterocycles. The molecule has 3 aromatic rings. The first kappa shape index (κ1) is 106. The number of likely N-dealkylation sites (tertiary alicyclic amines) is 6. The maximum Gasteiger partial charge on any atom is 0.232 e. The molecule has 0 aromatic carbocycles. The highest BCUT2D eigenvalue weighted by molar-refractivity contribution is 5.49. The van der Waals surface area contributed by atoms with E-state index in [-0.39, 0.29) is 103 Å². The lowest BCUT2D eigenvalue weighted by atomic mass is 9.77. The van der Waals surface area contributed by atoms with Crippen molar-refractivity contribution in [1.29, 1.82) is 0 Å². The van der Waals surface area contributed by atoms with E-state index in [1.807, 2.05) is 0 Å². The van der Waals surface area contributed by atoms with E-state index in [1.54, 1.807) is 0 Å². The Balaban J connectivity index is 1.10. The Kier molecular flexibility index (Phi) is 35.8. The van der Waals surface area contributed by atoms with Gasteiger partial charge < -0.3 is 39.6 Å². The monoisotopic (exact) mass is 1770 g/mol. The highest BCUT2D eigenvalue weighted by Crippen LogP contribution is 2.48. The number of aromatic nitrogens is 9. The Morgan fingerprint density at radius 3 is 0.583 bits per heavy atom. The highest BCUT2D eigenvalue weighted by atomic mass is 15.4. The van der Waals surface area contributed by atoms with Gasteiger partial charge in [-0.05, 0) is 376 Å². The number of nitrogens with zero attached hydrogens (tertiary/aromatic N) is 22. The minimum Gasteiger partial charge on any atom is -0.354 e. The van der Waals surface area contributed by atoms with Crippen molar-refractivity contribution in [2.45, 2.75) is 509 Å². The number of hydrogen-bond acceptors (Lipinski definition) is 23. The molecule has 1 N–H and O–H groups in total. The van der Waals surface area contributed by atoms with E-state index in [2.05, 4.69) is 319 Å². The molecule has 728 valence electrons. The average molecular weight is 1770 g/mol. The zero-order valence-corrected chi connectivity index (χ0v) is 89.3. The molecular formula is C104H197N23. The Morgan fingerprint density at radius 2 is 0.402 bits per heavy atom. The van der Waals surface area contributed by atoms with Crippen molar-refractivity contribution in [2.75, 3.05) is 142 Å². The van der Waals surface area contributed by atoms with Crippen LogP contribution in [0.1, 0.15) is 406 Å². The maximum atomic E-state index is 5.79. The third kappa shape index (κ3) is 26.3. The van der Waals surface area contributed by atoms with Crippen LogP contribution < -0.4 is 34.7 Å². The van der Waals surface area contributed by atoms with Crippen molar-refractivity contribution in [3.8, 4) is 0 Å². The molecule has 127 heavy (non-hydrogen) atoms. The average Bonchev–Trinajstić information content (AvgIpc) is 0.760. The third-order valence-corrected chi connectivity index (χ3v) is 33.5. The minimum atomic E-state index is -0.0115. The van der Waals surface area contributed by atoms with Gasteiger partial charge in [0.2, 0.25) is 41.6 Å². The van der Waals surface area contributed by atoms with Gasteiger partial charge in [-0.15, -0.1) is 0 Å². The van der Waals surface area contributed by atoms with E-state index in [1.165, 1.54) is 0 Å². The Labute approximate surface area is 780 Å². The fraction of sp³-hybridized carbons (Fsp3) is 0.913. The molecule has 23 heteroatoms. The van der Waals surface area contributed by atoms with Crippen molar-refractivity contribution in [2.24, 2.45) is 0 Å². The first-order valence-electron chi connectivity index (χ1n) is 51.8. The van der Waals surface area contributed by atoms with Gasteiger partial charge >= 0.3 is 0 Å². The van der Waals surface area contributed by atoms with Gasteiger partial charge in [0, 0.05) is 161 Å². The number of nitrogens with one attached hydrogen (secondary N) is 1. The van der Waals surface area contributed by atoms with E-state index in [0.29, 0.717) is 5.95 Å². The predicted octanol–water partition coefficient (Wildman–Crippen LogP) is 20.9. The van der Waals surface area contributed by atoms with Crippen molar-refractivity contribution < 1.29 is 0 Å². The van der Waals surface area contributed by atoms with Gasteiger partial charge in [-0.25, -0.2) is 0 Å². The largest absolute Gasteiger partial charge is 0.354 e. The molecule has 0 radical (unpaired) electrons. The van der Waals surface area contributed by atoms with Crippen molar-refractivity contribution in [3.05, 3.63) is 11.6 Å². The summed E-state index contributed by atoms with van der Waals surface area (Å²) in [6.45, 7) is 81.7. The van der Waals surface area contributed by atoms with Gasteiger partial charge in [-0.2, -0.15) is 44.9 Å². The summed E-state index contributed by atoms with van der Waals surface area (Å²) in [6, 6.07) is 1.69. The molecule has 6 fully saturated rings. The van der Waals surface area contributed by atoms with Gasteiger partial charge in [0.1, 0.15) is 11.6 Å². The van der Waals surface area contributed by atoms with Crippen molar-refractivity contribution in [1.82, 2.24) is 79.2 Å². The highest BCUT2D eigenvalue weighted by Gasteiger charge is 2.53. The second-order valence-corrected chi connectivity index (χ2v) is 48.8. The molecule has 9 heterocycles. The molecular weight excluding hydrogens is 1570 g/mol. The fourth-order valence-electron chi connectivity index (χ4n) is 24.2. The lowest BCUT2D eigenvalue weighted by Gasteiger charge is -2.56. The number of unbranched alkanes of at least 4 members (excludes halogenated alkanes) is 8. The van der Waals surface area contributed by atoms with E-state index in [0.717, 1.165) is 312 Å². The minimum absolute atomic E-state index is 0.000189. The maximum absolute atomic E-state index is 5.79. The third-order valence-electron chi connectivity index (χ3n) is 33.5. The van der Waals surface area contributed by atoms with Crippen LogP contribution in [0.4, 0.5) is 41.6 Å². The first-order chi connectivity index (χ1) is 59.1. The van der Waals surface area contributed by atoms with Crippen LogP contribution >= 0.6 is 0 Å². The van der Waals surface area contributed by atoms with Crippen LogP contribution in [-0.4, -0.2) is 290 Å². The summed E-state index contributed by atoms with van der Waals surface area (Å²) in [5, 5.41) is 3.98. The molecule has 0 saturated carbocycles. The number of anilines is 7. The first-order valence-corrected chi connectivity index (χ1v) is 51.8. The number of rotatable bonds is 45. The van der Waals surface area contributed by atoms with Crippen LogP contribution in [0.25, 0.3) is 0 Å². The van der Waals surface area contributed by atoms with Gasteiger partial charge in [-0.1, -0.05) is 80.1 Å². The van der Waals surface area contributed by atoms with E-state index < -0.39 is 0 Å². The molecule has 0 spiro atoms. The quantitative estimate of drug-likeness (QED) is 0.0530. The van der Waals surface area contributed by atoms with Crippen LogP contribution in [0.3, 0.4) is 0 Å². The molecule has 6 saturated heterocycles. The molecule has 9 rings (SSSR count). The fourth-order valence-corrected chi connectivity index (χ4v) is 24.2. The van der Waals surface area contributed by atoms with E-state index in [9.17, 15) is 0 Å². The summed E-state index contributed by atoms with van der Waals surface area (Å²) < 4.78 is 0. The standard InChI is InChI=1S/C104H197N23/c1-37-43-60-122(78-66-93(7,8)115(31)94(9,10)67-78)87-106-84(107-88(112-87)123(61-44-38-2)79-68-95(11,12)116(32)96(13,14)69-79)54-49-51-57-121(58-52-50-55-85-108-89(124(62-45-39-3)80-70-97(15,16)117(33)98(17,18)71-80)113-90(109-85)125(63-46-40-4)81-72-99(19,20)118(34)100(21,22)73-81)59-53-56-105-86-110-91(126(64-47-41-5)82-74-101(23,24)119(35)102(25,26)75-82)114-92(111-86)127(65-48-42-6)83-76-103(27,28)120(36)104(29,30)77-83/h78-83H,37-77H2,1-36H3,(H,105,110,111,114). The van der Waals surface area contributed by atoms with Gasteiger partial charge in [-0.3, -0.25) is 29.4 Å². The van der Waals surface area contributed by atoms with Gasteiger partial charge in [0.05, 0.1) is 0 Å². The molecule has 0 amide bonds. The predicted molar refractivity (Wildman–Crippen MR) is 542 cm³/mol. The van der Waals surface area contributed by atoms with Crippen molar-refractivity contribution in [3.63, 3.8) is 0 Å². The van der Waals surface area contributed by atoms with Crippen LogP contribution in [-0.2, 0) is 12.8 Å². The lowest BCUT2D eigenvalue weighted by molar-refractivity contribution is -0.0136. The molecule has 6 aliphatic rings. The molecule has 0 aliphatic carbocycles. The summed E-state index contributed by atoms with van der Waals surface area (Å²) in [4.78, 5) is 85.8. The summed E-state index contributed by atoms with van der Waals surface area (Å²) >= 11 is 0. The Morgan fingerprint density at radius 1 is 0.228 bits per heavy atom. The smallest absolute Gasteiger partial charge is 0.232 e. The van der Waals surface area contributed by atoms with Crippen molar-refractivity contribution >= 4 is 41.6 Å². The topological polar surface area (TPSA) is 170 Å². The number of aryl methyl sites for hydroxylation is 2. The number of piperidine rings is 6.